The van der Waals surface area contributed by atoms with Crippen LogP contribution >= 0.6 is 0 Å². The highest BCUT2D eigenvalue weighted by Gasteiger charge is 2.53. The van der Waals surface area contributed by atoms with Crippen molar-refractivity contribution in [3.63, 3.8) is 0 Å². The molecule has 1 aromatic rings. The van der Waals surface area contributed by atoms with Crippen LogP contribution in [0.3, 0.4) is 0 Å². The highest BCUT2D eigenvalue weighted by Crippen LogP contribution is 2.62. The van der Waals surface area contributed by atoms with E-state index in [0.717, 1.165) is 48.3 Å². The molecule has 0 saturated heterocycles. The zero-order valence-electron chi connectivity index (χ0n) is 19.0. The molecular formula is C28H33FN2. The molecule has 5 rings (SSSR count). The molecule has 5 atom stereocenters. The predicted molar refractivity (Wildman–Crippen MR) is 124 cm³/mol. The summed E-state index contributed by atoms with van der Waals surface area (Å²) in [5, 5.41) is 12.1. The number of dihydropyridines is 1. The Kier molecular flexibility index (Phi) is 6.24. The van der Waals surface area contributed by atoms with Crippen LogP contribution in [-0.4, -0.2) is 6.54 Å². The molecule has 0 spiro atoms. The normalized spacial score (nSPS) is 32.4. The summed E-state index contributed by atoms with van der Waals surface area (Å²) < 4.78 is 14.5. The second-order valence-corrected chi connectivity index (χ2v) is 9.82. The van der Waals surface area contributed by atoms with Crippen LogP contribution in [0, 0.1) is 52.2 Å². The van der Waals surface area contributed by atoms with Crippen molar-refractivity contribution in [3.05, 3.63) is 58.6 Å². The molecule has 0 amide bonds. The second-order valence-electron chi connectivity index (χ2n) is 9.82. The number of allylic oxidation sites excluding steroid dienone is 2. The third-order valence-corrected chi connectivity index (χ3v) is 8.53. The zero-order chi connectivity index (χ0) is 22.0. The smallest absolute Gasteiger partial charge is 0.144 e. The van der Waals surface area contributed by atoms with Crippen molar-refractivity contribution < 1.29 is 4.39 Å². The number of fused-ring (bicyclic) bond motifs is 5. The van der Waals surface area contributed by atoms with Gasteiger partial charge in [0.25, 0.3) is 0 Å². The van der Waals surface area contributed by atoms with Crippen molar-refractivity contribution in [1.82, 2.24) is 5.32 Å². The summed E-state index contributed by atoms with van der Waals surface area (Å²) in [6.07, 6.45) is 13.1. The van der Waals surface area contributed by atoms with Gasteiger partial charge >= 0.3 is 0 Å². The summed E-state index contributed by atoms with van der Waals surface area (Å²) in [5.74, 6) is 8.46. The topological polar surface area (TPSA) is 35.8 Å². The lowest BCUT2D eigenvalue weighted by molar-refractivity contribution is 0.0333. The molecule has 0 aromatic heterocycles. The van der Waals surface area contributed by atoms with E-state index in [1.54, 1.807) is 6.07 Å². The minimum atomic E-state index is -0.244. The Morgan fingerprint density at radius 3 is 2.74 bits per heavy atom. The van der Waals surface area contributed by atoms with Gasteiger partial charge < -0.3 is 5.32 Å². The molecule has 1 N–H and O–H groups in total. The third-order valence-electron chi connectivity index (χ3n) is 8.53. The summed E-state index contributed by atoms with van der Waals surface area (Å²) in [4.78, 5) is 0. The van der Waals surface area contributed by atoms with Gasteiger partial charge in [0, 0.05) is 12.1 Å². The zero-order valence-corrected chi connectivity index (χ0v) is 19.0. The molecule has 3 unspecified atom stereocenters. The van der Waals surface area contributed by atoms with E-state index >= 15 is 0 Å². The Balaban J connectivity index is 0.000000217. The van der Waals surface area contributed by atoms with Gasteiger partial charge in [-0.25, -0.2) is 4.39 Å². The third kappa shape index (κ3) is 3.92. The molecule has 2 nitrogen and oxygen atoms in total. The first-order valence-corrected chi connectivity index (χ1v) is 11.7. The molecule has 1 heterocycles. The van der Waals surface area contributed by atoms with Crippen molar-refractivity contribution in [2.24, 2.45) is 23.2 Å². The molecule has 3 aliphatic carbocycles. The summed E-state index contributed by atoms with van der Waals surface area (Å²) in [7, 11) is 0. The van der Waals surface area contributed by atoms with Crippen LogP contribution in [0.5, 0.6) is 0 Å². The average molecular weight is 417 g/mol. The lowest BCUT2D eigenvalue weighted by Crippen LogP contribution is -2.41. The fourth-order valence-corrected chi connectivity index (χ4v) is 6.66. The molecule has 1 aliphatic heterocycles. The highest BCUT2D eigenvalue weighted by atomic mass is 19.1. The van der Waals surface area contributed by atoms with Crippen LogP contribution in [0.15, 0.2) is 36.1 Å². The SMILES string of the molecule is CC#CC1=CCNC=C1.C[C@H]1CCC2C3CCc4c(ccc(C#N)c4F)C3CC[C@@]21C. The van der Waals surface area contributed by atoms with E-state index in [1.165, 1.54) is 31.2 Å². The molecule has 2 fully saturated rings. The van der Waals surface area contributed by atoms with Crippen molar-refractivity contribution in [3.8, 4) is 17.9 Å². The molecule has 1 aromatic carbocycles. The van der Waals surface area contributed by atoms with Gasteiger partial charge in [-0.15, -0.1) is 5.92 Å². The predicted octanol–water partition coefficient (Wildman–Crippen LogP) is 6.24. The van der Waals surface area contributed by atoms with Crippen LogP contribution in [0.25, 0.3) is 0 Å². The van der Waals surface area contributed by atoms with Gasteiger partial charge in [0.2, 0.25) is 0 Å². The summed E-state index contributed by atoms with van der Waals surface area (Å²) in [5.41, 5.74) is 3.89. The number of rotatable bonds is 0. The number of nitrogens with one attached hydrogen (secondary N) is 1. The molecule has 3 heteroatoms. The first kappa shape index (κ1) is 21.7. The number of hydrogen-bond donors (Lipinski definition) is 1. The van der Waals surface area contributed by atoms with Gasteiger partial charge in [-0.1, -0.05) is 25.8 Å². The van der Waals surface area contributed by atoms with Crippen LogP contribution in [0.1, 0.15) is 75.5 Å². The fourth-order valence-electron chi connectivity index (χ4n) is 6.66. The van der Waals surface area contributed by atoms with Crippen LogP contribution in [0.2, 0.25) is 0 Å². The monoisotopic (exact) mass is 416 g/mol. The van der Waals surface area contributed by atoms with E-state index in [4.69, 9.17) is 5.26 Å². The molecule has 2 saturated carbocycles. The van der Waals surface area contributed by atoms with Gasteiger partial charge in [0.1, 0.15) is 11.9 Å². The summed E-state index contributed by atoms with van der Waals surface area (Å²) in [6.45, 7) is 7.67. The van der Waals surface area contributed by atoms with Crippen molar-refractivity contribution >= 4 is 0 Å². The first-order chi connectivity index (χ1) is 15.0. The second kappa shape index (κ2) is 8.92. The Bertz CT molecular complexity index is 1000. The maximum Gasteiger partial charge on any atom is 0.144 e. The van der Waals surface area contributed by atoms with E-state index in [9.17, 15) is 4.39 Å². The van der Waals surface area contributed by atoms with Crippen molar-refractivity contribution in [1.29, 1.82) is 5.26 Å². The van der Waals surface area contributed by atoms with E-state index in [2.05, 4.69) is 43.1 Å². The lowest BCUT2D eigenvalue weighted by Gasteiger charge is -2.50. The quantitative estimate of drug-likeness (QED) is 0.508. The molecule has 31 heavy (non-hydrogen) atoms. The average Bonchev–Trinajstić information content (AvgIpc) is 3.10. The maximum atomic E-state index is 14.5. The standard InChI is InChI=1S/C20H24FN.C8H9N/c1-12-3-8-18-16-6-7-17-14(5-4-13(11-22)19(17)21)15(16)9-10-20(12,18)2;1-2-3-8-4-6-9-7-5-8/h4-5,12,15-16,18H,3,6-10H2,1-2H3;4-6,9H,7H2,1H3/t12-,15?,16?,18?,20+;/m0./s1. The summed E-state index contributed by atoms with van der Waals surface area (Å²) in [6, 6.07) is 5.74. The van der Waals surface area contributed by atoms with Crippen molar-refractivity contribution in [2.75, 3.05) is 6.54 Å². The number of benzene rings is 1. The van der Waals surface area contributed by atoms with Gasteiger partial charge in [-0.05, 0) is 110 Å². The van der Waals surface area contributed by atoms with E-state index in [-0.39, 0.29) is 11.4 Å². The fraction of sp³-hybridized carbons (Fsp3) is 0.536. The van der Waals surface area contributed by atoms with E-state index < -0.39 is 0 Å². The minimum Gasteiger partial charge on any atom is -0.387 e. The van der Waals surface area contributed by atoms with E-state index in [1.807, 2.05) is 25.3 Å². The van der Waals surface area contributed by atoms with Crippen molar-refractivity contribution in [2.45, 2.75) is 65.2 Å². The van der Waals surface area contributed by atoms with Gasteiger partial charge in [0.05, 0.1) is 5.56 Å². The molecule has 0 bridgehead atoms. The molecule has 4 aliphatic rings. The molecule has 162 valence electrons. The van der Waals surface area contributed by atoms with E-state index in [0.29, 0.717) is 11.3 Å². The Morgan fingerprint density at radius 1 is 1.19 bits per heavy atom. The number of nitrogens with zero attached hydrogens (tertiary/aromatic N) is 1. The van der Waals surface area contributed by atoms with Crippen LogP contribution in [-0.2, 0) is 6.42 Å². The Labute approximate surface area is 186 Å². The number of hydrogen-bond acceptors (Lipinski definition) is 2. The lowest BCUT2D eigenvalue weighted by atomic mass is 9.54. The highest BCUT2D eigenvalue weighted by molar-refractivity contribution is 5.44. The van der Waals surface area contributed by atoms with Crippen LogP contribution in [0.4, 0.5) is 4.39 Å². The summed E-state index contributed by atoms with van der Waals surface area (Å²) >= 11 is 0. The number of halogens is 1. The largest absolute Gasteiger partial charge is 0.387 e. The molecule has 0 radical (unpaired) electrons. The first-order valence-electron chi connectivity index (χ1n) is 11.7. The Hall–Kier alpha value is -2.52. The minimum absolute atomic E-state index is 0.215. The maximum absolute atomic E-state index is 14.5. The van der Waals surface area contributed by atoms with Gasteiger partial charge in [0.15, 0.2) is 0 Å². The van der Waals surface area contributed by atoms with Gasteiger partial charge in [-0.2, -0.15) is 5.26 Å². The van der Waals surface area contributed by atoms with Gasteiger partial charge in [-0.3, -0.25) is 0 Å². The van der Waals surface area contributed by atoms with Crippen LogP contribution < -0.4 is 5.32 Å². The Morgan fingerprint density at radius 2 is 2.03 bits per heavy atom. The number of nitriles is 1. The molecular weight excluding hydrogens is 383 g/mol.